The highest BCUT2D eigenvalue weighted by molar-refractivity contribution is 5.94. The minimum absolute atomic E-state index is 0. The van der Waals surface area contributed by atoms with Crippen LogP contribution in [0.25, 0.3) is 0 Å². The Bertz CT molecular complexity index is 583. The summed E-state index contributed by atoms with van der Waals surface area (Å²) in [5.74, 6) is 0.658. The van der Waals surface area contributed by atoms with Crippen LogP contribution < -0.4 is 10.6 Å². The summed E-state index contributed by atoms with van der Waals surface area (Å²) in [6, 6.07) is 9.79. The number of hydrogen-bond donors (Lipinski definition) is 2. The van der Waals surface area contributed by atoms with E-state index in [-0.39, 0.29) is 18.3 Å². The maximum Gasteiger partial charge on any atom is 0.251 e. The molecule has 1 saturated heterocycles. The molecule has 25 heavy (non-hydrogen) atoms. The Morgan fingerprint density at radius 1 is 1.04 bits per heavy atom. The topological polar surface area (TPSA) is 50.4 Å². The highest BCUT2D eigenvalue weighted by atomic mass is 35.5. The maximum atomic E-state index is 12.5. The third-order valence-corrected chi connectivity index (χ3v) is 5.73. The quantitative estimate of drug-likeness (QED) is 0.841. The van der Waals surface area contributed by atoms with Gasteiger partial charge in [0.2, 0.25) is 0 Å². The second-order valence-corrected chi connectivity index (χ2v) is 7.58. The standard InChI is InChI=1S/C20H28N2O2.ClH/c23-20(22-16-6-1-2-7-16)15-5-3-4-14(12-15)18-13-19(18)21-17-8-10-24-11-9-17;/h3-5,12,16-19,21H,1-2,6-11,13H2,(H,22,23);1H. The monoisotopic (exact) mass is 364 g/mol. The van der Waals surface area contributed by atoms with Crippen molar-refractivity contribution in [3.05, 3.63) is 35.4 Å². The molecule has 3 aliphatic rings. The molecule has 138 valence electrons. The number of hydrogen-bond acceptors (Lipinski definition) is 3. The van der Waals surface area contributed by atoms with Gasteiger partial charge in [0.25, 0.3) is 5.91 Å². The number of halogens is 1. The molecule has 0 radical (unpaired) electrons. The van der Waals surface area contributed by atoms with Crippen LogP contribution in [0.2, 0.25) is 0 Å². The molecule has 2 saturated carbocycles. The number of carbonyl (C=O) groups is 1. The van der Waals surface area contributed by atoms with Crippen molar-refractivity contribution in [2.75, 3.05) is 13.2 Å². The summed E-state index contributed by atoms with van der Waals surface area (Å²) in [5.41, 5.74) is 2.12. The number of ether oxygens (including phenoxy) is 1. The van der Waals surface area contributed by atoms with Crippen LogP contribution in [0.4, 0.5) is 0 Å². The first-order valence-electron chi connectivity index (χ1n) is 9.54. The third kappa shape index (κ3) is 4.75. The fraction of sp³-hybridized carbons (Fsp3) is 0.650. The molecular weight excluding hydrogens is 336 g/mol. The highest BCUT2D eigenvalue weighted by Crippen LogP contribution is 2.41. The number of carbonyl (C=O) groups excluding carboxylic acids is 1. The van der Waals surface area contributed by atoms with Gasteiger partial charge in [-0.15, -0.1) is 12.4 Å². The van der Waals surface area contributed by atoms with E-state index in [1.54, 1.807) is 0 Å². The zero-order valence-electron chi connectivity index (χ0n) is 14.7. The van der Waals surface area contributed by atoms with Gasteiger partial charge in [0.1, 0.15) is 0 Å². The van der Waals surface area contributed by atoms with Gasteiger partial charge in [0, 0.05) is 42.8 Å². The van der Waals surface area contributed by atoms with Crippen LogP contribution in [0.5, 0.6) is 0 Å². The van der Waals surface area contributed by atoms with Gasteiger partial charge in [-0.05, 0) is 49.8 Å². The molecule has 2 unspecified atom stereocenters. The average molecular weight is 365 g/mol. The Morgan fingerprint density at radius 3 is 2.56 bits per heavy atom. The molecule has 3 fully saturated rings. The van der Waals surface area contributed by atoms with Crippen molar-refractivity contribution < 1.29 is 9.53 Å². The molecule has 1 aromatic carbocycles. The number of benzene rings is 1. The van der Waals surface area contributed by atoms with Crippen LogP contribution in [-0.4, -0.2) is 37.2 Å². The Morgan fingerprint density at radius 2 is 1.80 bits per heavy atom. The molecule has 0 aromatic heterocycles. The summed E-state index contributed by atoms with van der Waals surface area (Å²) in [6.45, 7) is 1.76. The SMILES string of the molecule is Cl.O=C(NC1CCCC1)c1cccc(C2CC2NC2CCOCC2)c1. The molecule has 1 heterocycles. The molecule has 5 heteroatoms. The number of amides is 1. The van der Waals surface area contributed by atoms with Crippen LogP contribution in [0.3, 0.4) is 0 Å². The van der Waals surface area contributed by atoms with Gasteiger partial charge in [0.15, 0.2) is 0 Å². The summed E-state index contributed by atoms with van der Waals surface area (Å²) in [5, 5.41) is 6.96. The Balaban J connectivity index is 0.00000182. The van der Waals surface area contributed by atoms with Gasteiger partial charge in [-0.1, -0.05) is 25.0 Å². The van der Waals surface area contributed by atoms with E-state index in [0.29, 0.717) is 24.0 Å². The molecular formula is C20H29ClN2O2. The van der Waals surface area contributed by atoms with Gasteiger partial charge in [-0.25, -0.2) is 0 Å². The molecule has 4 rings (SSSR count). The molecule has 2 N–H and O–H groups in total. The van der Waals surface area contributed by atoms with Crippen molar-refractivity contribution in [3.8, 4) is 0 Å². The minimum atomic E-state index is 0. The summed E-state index contributed by atoms with van der Waals surface area (Å²) in [4.78, 5) is 12.5. The molecule has 2 aliphatic carbocycles. The second-order valence-electron chi connectivity index (χ2n) is 7.58. The zero-order valence-corrected chi connectivity index (χ0v) is 15.5. The fourth-order valence-electron chi connectivity index (χ4n) is 4.16. The van der Waals surface area contributed by atoms with Gasteiger partial charge in [-0.3, -0.25) is 4.79 Å². The van der Waals surface area contributed by atoms with Gasteiger partial charge < -0.3 is 15.4 Å². The van der Waals surface area contributed by atoms with E-state index in [0.717, 1.165) is 44.5 Å². The van der Waals surface area contributed by atoms with Crippen molar-refractivity contribution in [2.45, 2.75) is 69.0 Å². The van der Waals surface area contributed by atoms with Crippen LogP contribution in [0.15, 0.2) is 24.3 Å². The van der Waals surface area contributed by atoms with Crippen LogP contribution in [-0.2, 0) is 4.74 Å². The molecule has 1 amide bonds. The lowest BCUT2D eigenvalue weighted by atomic mass is 10.0. The van der Waals surface area contributed by atoms with E-state index in [9.17, 15) is 4.79 Å². The third-order valence-electron chi connectivity index (χ3n) is 5.73. The van der Waals surface area contributed by atoms with E-state index in [4.69, 9.17) is 4.74 Å². The fourth-order valence-corrected chi connectivity index (χ4v) is 4.16. The first-order valence-corrected chi connectivity index (χ1v) is 9.54. The van der Waals surface area contributed by atoms with E-state index < -0.39 is 0 Å². The van der Waals surface area contributed by atoms with Crippen molar-refractivity contribution in [1.82, 2.24) is 10.6 Å². The van der Waals surface area contributed by atoms with E-state index in [1.165, 1.54) is 24.8 Å². The van der Waals surface area contributed by atoms with Crippen LogP contribution in [0.1, 0.15) is 66.8 Å². The van der Waals surface area contributed by atoms with Gasteiger partial charge >= 0.3 is 0 Å². The summed E-state index contributed by atoms with van der Waals surface area (Å²) in [7, 11) is 0. The Kier molecular flexibility index (Phi) is 6.37. The molecule has 1 aliphatic heterocycles. The van der Waals surface area contributed by atoms with Crippen molar-refractivity contribution in [3.63, 3.8) is 0 Å². The Hall–Kier alpha value is -1.10. The van der Waals surface area contributed by atoms with Gasteiger partial charge in [-0.2, -0.15) is 0 Å². The lowest BCUT2D eigenvalue weighted by Gasteiger charge is -2.23. The second kappa shape index (κ2) is 8.52. The maximum absolute atomic E-state index is 12.5. The minimum Gasteiger partial charge on any atom is -0.381 e. The lowest BCUT2D eigenvalue weighted by molar-refractivity contribution is 0.0774. The lowest BCUT2D eigenvalue weighted by Crippen LogP contribution is -2.36. The predicted molar refractivity (Wildman–Crippen MR) is 102 cm³/mol. The van der Waals surface area contributed by atoms with E-state index >= 15 is 0 Å². The van der Waals surface area contributed by atoms with Crippen LogP contribution in [0, 0.1) is 0 Å². The number of rotatable bonds is 5. The average Bonchev–Trinajstić information content (AvgIpc) is 3.19. The van der Waals surface area contributed by atoms with Crippen molar-refractivity contribution >= 4 is 18.3 Å². The zero-order chi connectivity index (χ0) is 16.4. The summed E-state index contributed by atoms with van der Waals surface area (Å²) < 4.78 is 5.43. The number of nitrogens with one attached hydrogen (secondary N) is 2. The van der Waals surface area contributed by atoms with E-state index in [1.807, 2.05) is 12.1 Å². The summed E-state index contributed by atoms with van der Waals surface area (Å²) >= 11 is 0. The van der Waals surface area contributed by atoms with Crippen molar-refractivity contribution in [1.29, 1.82) is 0 Å². The normalized spacial score (nSPS) is 26.9. The smallest absolute Gasteiger partial charge is 0.251 e. The molecule has 0 bridgehead atoms. The van der Waals surface area contributed by atoms with Gasteiger partial charge in [0.05, 0.1) is 0 Å². The van der Waals surface area contributed by atoms with Crippen molar-refractivity contribution in [2.24, 2.45) is 0 Å². The first-order chi connectivity index (χ1) is 11.8. The highest BCUT2D eigenvalue weighted by Gasteiger charge is 2.39. The summed E-state index contributed by atoms with van der Waals surface area (Å²) in [6.07, 6.45) is 8.17. The largest absolute Gasteiger partial charge is 0.381 e. The van der Waals surface area contributed by atoms with Crippen LogP contribution >= 0.6 is 12.4 Å². The predicted octanol–water partition coefficient (Wildman–Crippen LogP) is 3.41. The molecule has 0 spiro atoms. The molecule has 4 nitrogen and oxygen atoms in total. The first kappa shape index (κ1) is 18.7. The van der Waals surface area contributed by atoms with E-state index in [2.05, 4.69) is 22.8 Å². The Labute approximate surface area is 156 Å². The molecule has 2 atom stereocenters. The molecule has 1 aromatic rings.